The lowest BCUT2D eigenvalue weighted by molar-refractivity contribution is -0.209. The van der Waals surface area contributed by atoms with Gasteiger partial charge in [0.2, 0.25) is 5.91 Å². The van der Waals surface area contributed by atoms with Crippen molar-refractivity contribution in [3.8, 4) is 0 Å². The number of carbonyl (C=O) groups excluding carboxylic acids is 1. The highest BCUT2D eigenvalue weighted by Crippen LogP contribution is 2.32. The summed E-state index contributed by atoms with van der Waals surface area (Å²) in [4.78, 5) is 12.2. The van der Waals surface area contributed by atoms with Crippen LogP contribution in [0.1, 0.15) is 0 Å². The van der Waals surface area contributed by atoms with Gasteiger partial charge in [0.1, 0.15) is 0 Å². The number of rotatable bonds is 2. The molecule has 1 rings (SSSR count). The number of carbonyl (C=O) groups is 1. The van der Waals surface area contributed by atoms with Crippen LogP contribution in [0.5, 0.6) is 0 Å². The Morgan fingerprint density at radius 2 is 2.08 bits per heavy atom. The molecule has 1 heterocycles. The summed E-state index contributed by atoms with van der Waals surface area (Å²) < 4.78 is 35.9. The van der Waals surface area contributed by atoms with Gasteiger partial charge in [-0.1, -0.05) is 0 Å². The van der Waals surface area contributed by atoms with Gasteiger partial charge < -0.3 is 5.32 Å². The summed E-state index contributed by atoms with van der Waals surface area (Å²) >= 11 is 0. The van der Waals surface area contributed by atoms with E-state index in [4.69, 9.17) is 0 Å². The fourth-order valence-electron chi connectivity index (χ4n) is 1.19. The van der Waals surface area contributed by atoms with Crippen LogP contribution in [0, 0.1) is 5.92 Å². The van der Waals surface area contributed by atoms with Crippen molar-refractivity contribution in [1.82, 2.24) is 10.2 Å². The van der Waals surface area contributed by atoms with Crippen molar-refractivity contribution in [2.75, 3.05) is 26.7 Å². The van der Waals surface area contributed by atoms with E-state index in [0.717, 1.165) is 0 Å². The molecule has 0 aromatic heterocycles. The summed E-state index contributed by atoms with van der Waals surface area (Å²) in [6.45, 7) is -0.0586. The van der Waals surface area contributed by atoms with E-state index in [1.54, 1.807) is 0 Å². The fourth-order valence-corrected chi connectivity index (χ4v) is 1.19. The molecule has 13 heavy (non-hydrogen) atoms. The molecule has 1 aliphatic heterocycles. The number of amides is 1. The van der Waals surface area contributed by atoms with Gasteiger partial charge in [0.05, 0.1) is 12.5 Å². The predicted molar refractivity (Wildman–Crippen MR) is 40.1 cm³/mol. The van der Waals surface area contributed by atoms with Crippen LogP contribution in [0.15, 0.2) is 0 Å². The highest BCUT2D eigenvalue weighted by atomic mass is 19.4. The zero-order chi connectivity index (χ0) is 10.1. The second kappa shape index (κ2) is 3.53. The minimum Gasteiger partial charge on any atom is -0.358 e. The maximum absolute atomic E-state index is 12.0. The number of hydrogen-bond donors (Lipinski definition) is 1. The Hall–Kier alpha value is -0.780. The van der Waals surface area contributed by atoms with Crippen molar-refractivity contribution in [2.45, 2.75) is 6.18 Å². The molecule has 0 aromatic rings. The van der Waals surface area contributed by atoms with Crippen molar-refractivity contribution < 1.29 is 18.0 Å². The Kier molecular flexibility index (Phi) is 2.80. The largest absolute Gasteiger partial charge is 0.394 e. The third kappa shape index (κ3) is 2.58. The Morgan fingerprint density at radius 3 is 2.46 bits per heavy atom. The molecule has 0 spiro atoms. The summed E-state index contributed by atoms with van der Waals surface area (Å²) in [5, 5.41) is 2.36. The molecule has 0 aliphatic carbocycles. The minimum absolute atomic E-state index is 0.0586. The Morgan fingerprint density at radius 1 is 1.54 bits per heavy atom. The first kappa shape index (κ1) is 10.3. The molecule has 0 saturated carbocycles. The van der Waals surface area contributed by atoms with Crippen molar-refractivity contribution in [1.29, 1.82) is 0 Å². The molecule has 1 amide bonds. The molecule has 1 fully saturated rings. The van der Waals surface area contributed by atoms with E-state index in [2.05, 4.69) is 5.32 Å². The number of nitrogens with one attached hydrogen (secondary N) is 1. The smallest absolute Gasteiger partial charge is 0.358 e. The lowest BCUT2D eigenvalue weighted by Gasteiger charge is -2.39. The number of likely N-dealkylation sites (tertiary alicyclic amines) is 1. The third-order valence-corrected chi connectivity index (χ3v) is 2.07. The molecule has 6 heteroatoms. The van der Waals surface area contributed by atoms with E-state index in [0.29, 0.717) is 0 Å². The first-order valence-corrected chi connectivity index (χ1v) is 3.93. The van der Waals surface area contributed by atoms with Gasteiger partial charge in [-0.3, -0.25) is 9.69 Å². The average molecular weight is 196 g/mol. The Balaban J connectivity index is 2.22. The lowest BCUT2D eigenvalue weighted by Crippen LogP contribution is -2.55. The molecule has 0 unspecified atom stereocenters. The summed E-state index contributed by atoms with van der Waals surface area (Å²) in [7, 11) is 1.46. The van der Waals surface area contributed by atoms with Gasteiger partial charge in [-0.2, -0.15) is 13.2 Å². The van der Waals surface area contributed by atoms with Crippen molar-refractivity contribution in [3.05, 3.63) is 0 Å². The van der Waals surface area contributed by atoms with Gasteiger partial charge in [0, 0.05) is 20.1 Å². The lowest BCUT2D eigenvalue weighted by atomic mass is 10.00. The van der Waals surface area contributed by atoms with Crippen LogP contribution < -0.4 is 5.32 Å². The molecular formula is C7H11F3N2O. The monoisotopic (exact) mass is 196 g/mol. The standard InChI is InChI=1S/C7H11F3N2O/c1-11-6(13)4-12-2-5(3-12)7(8,9)10/h5H,2-4H2,1H3,(H,11,13). The van der Waals surface area contributed by atoms with Crippen LogP contribution >= 0.6 is 0 Å². The van der Waals surface area contributed by atoms with Crippen molar-refractivity contribution in [2.24, 2.45) is 5.92 Å². The minimum atomic E-state index is -4.11. The molecule has 1 aliphatic rings. The average Bonchev–Trinajstić information content (AvgIpc) is 1.92. The Bertz CT molecular complexity index is 198. The topological polar surface area (TPSA) is 32.3 Å². The second-order valence-corrected chi connectivity index (χ2v) is 3.11. The third-order valence-electron chi connectivity index (χ3n) is 2.07. The van der Waals surface area contributed by atoms with E-state index in [1.165, 1.54) is 11.9 Å². The van der Waals surface area contributed by atoms with E-state index in [-0.39, 0.29) is 25.5 Å². The van der Waals surface area contributed by atoms with E-state index in [9.17, 15) is 18.0 Å². The fraction of sp³-hybridized carbons (Fsp3) is 0.857. The van der Waals surface area contributed by atoms with Gasteiger partial charge in [0.25, 0.3) is 0 Å². The molecule has 0 bridgehead atoms. The molecule has 76 valence electrons. The van der Waals surface area contributed by atoms with Gasteiger partial charge in [-0.15, -0.1) is 0 Å². The number of likely N-dealkylation sites (N-methyl/N-ethyl adjacent to an activating group) is 1. The quantitative estimate of drug-likeness (QED) is 0.685. The zero-order valence-electron chi connectivity index (χ0n) is 7.19. The van der Waals surface area contributed by atoms with Gasteiger partial charge in [0.15, 0.2) is 0 Å². The summed E-state index contributed by atoms with van der Waals surface area (Å²) in [5.41, 5.74) is 0. The highest BCUT2D eigenvalue weighted by Gasteiger charge is 2.47. The first-order chi connectivity index (χ1) is 5.93. The van der Waals surface area contributed by atoms with Crippen molar-refractivity contribution in [3.63, 3.8) is 0 Å². The molecular weight excluding hydrogens is 185 g/mol. The maximum atomic E-state index is 12.0. The van der Waals surface area contributed by atoms with Gasteiger partial charge >= 0.3 is 6.18 Å². The summed E-state index contributed by atoms with van der Waals surface area (Å²) in [6, 6.07) is 0. The number of nitrogens with zero attached hydrogens (tertiary/aromatic N) is 1. The molecule has 0 radical (unpaired) electrons. The zero-order valence-corrected chi connectivity index (χ0v) is 7.19. The van der Waals surface area contributed by atoms with Crippen LogP contribution in [-0.4, -0.2) is 43.7 Å². The molecule has 3 nitrogen and oxygen atoms in total. The first-order valence-electron chi connectivity index (χ1n) is 3.93. The predicted octanol–water partition coefficient (Wildman–Crippen LogP) is 0.226. The van der Waals surface area contributed by atoms with Crippen LogP contribution in [0.4, 0.5) is 13.2 Å². The molecule has 1 saturated heterocycles. The second-order valence-electron chi connectivity index (χ2n) is 3.11. The maximum Gasteiger partial charge on any atom is 0.394 e. The SMILES string of the molecule is CNC(=O)CN1CC(C(F)(F)F)C1. The van der Waals surface area contributed by atoms with Crippen molar-refractivity contribution >= 4 is 5.91 Å². The van der Waals surface area contributed by atoms with Crippen LogP contribution in [-0.2, 0) is 4.79 Å². The normalized spacial score (nSPS) is 19.7. The van der Waals surface area contributed by atoms with Gasteiger partial charge in [-0.25, -0.2) is 0 Å². The Labute approximate surface area is 73.9 Å². The van der Waals surface area contributed by atoms with Crippen LogP contribution in [0.3, 0.4) is 0 Å². The van der Waals surface area contributed by atoms with Crippen LogP contribution in [0.25, 0.3) is 0 Å². The number of halogens is 3. The van der Waals surface area contributed by atoms with E-state index in [1.807, 2.05) is 0 Å². The molecule has 0 aromatic carbocycles. The molecule has 1 N–H and O–H groups in total. The van der Waals surface area contributed by atoms with E-state index >= 15 is 0 Å². The summed E-state index contributed by atoms with van der Waals surface area (Å²) in [5.74, 6) is -1.50. The van der Waals surface area contributed by atoms with E-state index < -0.39 is 12.1 Å². The molecule has 0 atom stereocenters. The number of hydrogen-bond acceptors (Lipinski definition) is 2. The summed E-state index contributed by atoms with van der Waals surface area (Å²) in [6.07, 6.45) is -4.11. The number of alkyl halides is 3. The van der Waals surface area contributed by atoms with Gasteiger partial charge in [-0.05, 0) is 0 Å². The van der Waals surface area contributed by atoms with Crippen LogP contribution in [0.2, 0.25) is 0 Å². The highest BCUT2D eigenvalue weighted by molar-refractivity contribution is 5.77.